The van der Waals surface area contributed by atoms with Gasteiger partial charge in [0.2, 0.25) is 0 Å². The normalized spacial score (nSPS) is 11.2. The quantitative estimate of drug-likeness (QED) is 0.0888. The Balaban J connectivity index is 1.54. The van der Waals surface area contributed by atoms with Gasteiger partial charge in [-0.15, -0.1) is 0 Å². The van der Waals surface area contributed by atoms with Crippen molar-refractivity contribution in [1.29, 1.82) is 0 Å². The van der Waals surface area contributed by atoms with Crippen molar-refractivity contribution in [2.45, 2.75) is 70.9 Å². The van der Waals surface area contributed by atoms with Gasteiger partial charge in [-0.2, -0.15) is 0 Å². The first kappa shape index (κ1) is 37.2. The molecule has 4 rings (SSSR count). The van der Waals surface area contributed by atoms with Crippen LogP contribution >= 0.6 is 35.3 Å². The summed E-state index contributed by atoms with van der Waals surface area (Å²) in [5.41, 5.74) is 1.57. The molecule has 0 spiro atoms. The van der Waals surface area contributed by atoms with E-state index in [0.717, 1.165) is 29.4 Å². The minimum absolute atomic E-state index is 0.273. The molecule has 0 atom stereocenters. The first-order chi connectivity index (χ1) is 22.9. The predicted molar refractivity (Wildman–Crippen MR) is 193 cm³/mol. The number of carbonyl (C=O) groups is 3. The van der Waals surface area contributed by atoms with Crippen molar-refractivity contribution in [3.8, 4) is 0 Å². The molecule has 0 fully saturated rings. The fraction of sp³-hybridized carbons (Fsp3) is 0.308. The van der Waals surface area contributed by atoms with E-state index in [2.05, 4.69) is 18.2 Å². The summed E-state index contributed by atoms with van der Waals surface area (Å²) in [5, 5.41) is 0. The van der Waals surface area contributed by atoms with Crippen molar-refractivity contribution < 1.29 is 28.6 Å². The van der Waals surface area contributed by atoms with E-state index in [1.165, 1.54) is 0 Å². The highest BCUT2D eigenvalue weighted by Gasteiger charge is 2.13. The highest BCUT2D eigenvalue weighted by Crippen LogP contribution is 2.39. The minimum Gasteiger partial charge on any atom is -0.462 e. The Morgan fingerprint density at radius 2 is 0.646 bits per heavy atom. The number of hydrogen-bond acceptors (Lipinski definition) is 9. The second kappa shape index (κ2) is 18.2. The van der Waals surface area contributed by atoms with E-state index in [1.54, 1.807) is 71.7 Å². The molecule has 4 aromatic carbocycles. The first-order valence-electron chi connectivity index (χ1n) is 16.0. The molecule has 0 heterocycles. The average Bonchev–Trinajstić information content (AvgIpc) is 3.06. The summed E-state index contributed by atoms with van der Waals surface area (Å²) in [6.07, 6.45) is 0. The maximum atomic E-state index is 12.4. The Bertz CT molecular complexity index is 1450. The highest BCUT2D eigenvalue weighted by atomic mass is 32.2. The van der Waals surface area contributed by atoms with Gasteiger partial charge in [0, 0.05) is 29.4 Å². The van der Waals surface area contributed by atoms with E-state index in [9.17, 15) is 14.4 Å². The zero-order valence-corrected chi connectivity index (χ0v) is 30.6. The Morgan fingerprint density at radius 1 is 0.417 bits per heavy atom. The smallest absolute Gasteiger partial charge is 0.338 e. The Labute approximate surface area is 296 Å². The third kappa shape index (κ3) is 12.1. The second-order valence-corrected chi connectivity index (χ2v) is 15.9. The molecule has 0 aliphatic heterocycles. The summed E-state index contributed by atoms with van der Waals surface area (Å²) >= 11 is 4.81. The molecule has 0 bridgehead atoms. The zero-order valence-electron chi connectivity index (χ0n) is 28.2. The molecule has 0 amide bonds. The minimum atomic E-state index is -0.323. The van der Waals surface area contributed by atoms with Gasteiger partial charge >= 0.3 is 17.9 Å². The average molecular weight is 703 g/mol. The molecule has 4 aromatic rings. The fourth-order valence-electron chi connectivity index (χ4n) is 4.08. The van der Waals surface area contributed by atoms with Gasteiger partial charge in [-0.25, -0.2) is 14.4 Å². The monoisotopic (exact) mass is 702 g/mol. The van der Waals surface area contributed by atoms with Crippen molar-refractivity contribution in [3.63, 3.8) is 0 Å². The summed E-state index contributed by atoms with van der Waals surface area (Å²) in [6, 6.07) is 28.7. The van der Waals surface area contributed by atoms with E-state index < -0.39 is 0 Å². The predicted octanol–water partition coefficient (Wildman–Crippen LogP) is 10.6. The summed E-state index contributed by atoms with van der Waals surface area (Å²) in [4.78, 5) is 43.3. The third-order valence-corrected chi connectivity index (χ3v) is 9.41. The third-order valence-electron chi connectivity index (χ3n) is 6.47. The van der Waals surface area contributed by atoms with Crippen molar-refractivity contribution in [3.05, 3.63) is 108 Å². The van der Waals surface area contributed by atoms with Gasteiger partial charge in [0.1, 0.15) is 0 Å². The van der Waals surface area contributed by atoms with E-state index in [1.807, 2.05) is 77.9 Å². The maximum Gasteiger partial charge on any atom is 0.338 e. The summed E-state index contributed by atoms with van der Waals surface area (Å²) < 4.78 is 16.1. The molecule has 0 aromatic heterocycles. The summed E-state index contributed by atoms with van der Waals surface area (Å²) in [5.74, 6) is -0.153. The van der Waals surface area contributed by atoms with Crippen LogP contribution in [0.2, 0.25) is 0 Å². The number of esters is 3. The lowest BCUT2D eigenvalue weighted by Crippen LogP contribution is -2.09. The molecular weight excluding hydrogens is 661 g/mol. The van der Waals surface area contributed by atoms with Crippen LogP contribution in [0.25, 0.3) is 0 Å². The molecule has 252 valence electrons. The molecule has 6 nitrogen and oxygen atoms in total. The van der Waals surface area contributed by atoms with E-state index in [4.69, 9.17) is 14.2 Å². The largest absolute Gasteiger partial charge is 0.462 e. The fourth-order valence-corrected chi connectivity index (χ4v) is 7.06. The van der Waals surface area contributed by atoms with Crippen LogP contribution in [0.15, 0.2) is 120 Å². The van der Waals surface area contributed by atoms with Crippen molar-refractivity contribution in [2.75, 3.05) is 19.8 Å². The van der Waals surface area contributed by atoms with Gasteiger partial charge in [0.25, 0.3) is 0 Å². The lowest BCUT2D eigenvalue weighted by atomic mass is 10.2. The standard InChI is InChI=1S/C39H42O6S3/c1-25(2)22-43-37(40)28-7-13-31(14-8-28)46-34-19-35(47-32-15-9-29(10-16-32)38(41)44-23-26(3)4)21-36(20-34)48-33-17-11-30(12-18-33)39(42)45-24-27(5)6/h7-21,25-27H,22-24H2,1-6H3. The summed E-state index contributed by atoms with van der Waals surface area (Å²) in [7, 11) is 0. The van der Waals surface area contributed by atoms with Gasteiger partial charge in [-0.1, -0.05) is 76.8 Å². The number of rotatable bonds is 15. The zero-order chi connectivity index (χ0) is 34.6. The molecule has 0 aliphatic rings. The van der Waals surface area contributed by atoms with Crippen molar-refractivity contribution in [1.82, 2.24) is 0 Å². The molecular formula is C39H42O6S3. The molecule has 0 radical (unpaired) electrons. The van der Waals surface area contributed by atoms with Crippen LogP contribution in [-0.2, 0) is 14.2 Å². The van der Waals surface area contributed by atoms with Gasteiger partial charge in [0.15, 0.2) is 0 Å². The Hall–Kier alpha value is -3.66. The molecule has 0 unspecified atom stereocenters. The van der Waals surface area contributed by atoms with Crippen LogP contribution in [0.5, 0.6) is 0 Å². The topological polar surface area (TPSA) is 78.9 Å². The summed E-state index contributed by atoms with van der Waals surface area (Å²) in [6.45, 7) is 13.2. The molecule has 0 aliphatic carbocycles. The molecule has 0 saturated heterocycles. The Morgan fingerprint density at radius 3 is 0.854 bits per heavy atom. The number of carbonyl (C=O) groups excluding carboxylic acids is 3. The van der Waals surface area contributed by atoms with Gasteiger partial charge in [-0.3, -0.25) is 0 Å². The van der Waals surface area contributed by atoms with Crippen LogP contribution in [0.4, 0.5) is 0 Å². The molecule has 48 heavy (non-hydrogen) atoms. The first-order valence-corrected chi connectivity index (χ1v) is 18.4. The Kier molecular flexibility index (Phi) is 14.1. The van der Waals surface area contributed by atoms with Gasteiger partial charge < -0.3 is 14.2 Å². The lowest BCUT2D eigenvalue weighted by molar-refractivity contribution is 0.0450. The van der Waals surface area contributed by atoms with Gasteiger partial charge in [-0.05, 0) is 109 Å². The van der Waals surface area contributed by atoms with Gasteiger partial charge in [0.05, 0.1) is 36.5 Å². The van der Waals surface area contributed by atoms with E-state index in [0.29, 0.717) is 36.5 Å². The van der Waals surface area contributed by atoms with Crippen LogP contribution in [-0.4, -0.2) is 37.7 Å². The van der Waals surface area contributed by atoms with Crippen molar-refractivity contribution >= 4 is 53.2 Å². The van der Waals surface area contributed by atoms with Crippen LogP contribution in [0, 0.1) is 17.8 Å². The van der Waals surface area contributed by atoms with E-state index in [-0.39, 0.29) is 35.7 Å². The molecule has 0 N–H and O–H groups in total. The van der Waals surface area contributed by atoms with Crippen LogP contribution in [0.3, 0.4) is 0 Å². The van der Waals surface area contributed by atoms with E-state index >= 15 is 0 Å². The number of hydrogen-bond donors (Lipinski definition) is 0. The lowest BCUT2D eigenvalue weighted by Gasteiger charge is -2.11. The second-order valence-electron chi connectivity index (χ2n) is 12.5. The van der Waals surface area contributed by atoms with Crippen molar-refractivity contribution in [2.24, 2.45) is 17.8 Å². The van der Waals surface area contributed by atoms with Crippen LogP contribution in [0.1, 0.15) is 72.6 Å². The number of benzene rings is 4. The highest BCUT2D eigenvalue weighted by molar-refractivity contribution is 8.01. The molecule has 9 heteroatoms. The molecule has 0 saturated carbocycles. The SMILES string of the molecule is CC(C)COC(=O)c1ccc(Sc2cc(Sc3ccc(C(=O)OCC(C)C)cc3)cc(Sc3ccc(C(=O)OCC(C)C)cc3)c2)cc1. The van der Waals surface area contributed by atoms with Crippen LogP contribution < -0.4 is 0 Å². The maximum absolute atomic E-state index is 12.4. The number of ether oxygens (including phenoxy) is 3.